The van der Waals surface area contributed by atoms with Gasteiger partial charge in [-0.1, -0.05) is 56.3 Å². The molecule has 0 radical (unpaired) electrons. The number of thiophene rings is 1. The molecular formula is C26H27NS. The number of fused-ring (bicyclic) bond motifs is 6. The Labute approximate surface area is 171 Å². The highest BCUT2D eigenvalue weighted by Crippen LogP contribution is 2.61. The molecule has 2 heterocycles. The van der Waals surface area contributed by atoms with Crippen molar-refractivity contribution in [1.29, 1.82) is 0 Å². The van der Waals surface area contributed by atoms with Gasteiger partial charge in [0.15, 0.2) is 0 Å². The van der Waals surface area contributed by atoms with Crippen LogP contribution in [-0.2, 0) is 6.42 Å². The van der Waals surface area contributed by atoms with E-state index in [-0.39, 0.29) is 0 Å². The molecule has 5 unspecified atom stereocenters. The van der Waals surface area contributed by atoms with E-state index < -0.39 is 0 Å². The topological polar surface area (TPSA) is 12.0 Å². The largest absolute Gasteiger partial charge is 0.385 e. The fraction of sp³-hybridized carbons (Fsp3) is 0.385. The van der Waals surface area contributed by atoms with Crippen LogP contribution in [0.5, 0.6) is 0 Å². The molecule has 1 fully saturated rings. The van der Waals surface area contributed by atoms with E-state index in [2.05, 4.69) is 73.8 Å². The molecule has 1 aliphatic heterocycles. The number of aryl methyl sites for hydroxylation is 1. The Bertz CT molecular complexity index is 1090. The number of allylic oxidation sites excluding steroid dienone is 1. The highest BCUT2D eigenvalue weighted by Gasteiger charge is 2.49. The van der Waals surface area contributed by atoms with Gasteiger partial charge in [-0.3, -0.25) is 0 Å². The first-order valence-electron chi connectivity index (χ1n) is 10.8. The van der Waals surface area contributed by atoms with Crippen LogP contribution in [0.4, 0.5) is 5.69 Å². The van der Waals surface area contributed by atoms with Crippen LogP contribution in [-0.4, -0.2) is 6.54 Å². The van der Waals surface area contributed by atoms with E-state index in [1.807, 2.05) is 11.3 Å². The van der Waals surface area contributed by atoms with Gasteiger partial charge in [-0.05, 0) is 76.7 Å². The van der Waals surface area contributed by atoms with Gasteiger partial charge in [0.2, 0.25) is 0 Å². The van der Waals surface area contributed by atoms with Gasteiger partial charge in [0.1, 0.15) is 0 Å². The van der Waals surface area contributed by atoms with E-state index in [9.17, 15) is 0 Å². The molecule has 0 bridgehead atoms. The summed E-state index contributed by atoms with van der Waals surface area (Å²) in [6.45, 7) is 6.11. The molecular weight excluding hydrogens is 358 g/mol. The van der Waals surface area contributed by atoms with Crippen molar-refractivity contribution in [3.8, 4) is 0 Å². The highest BCUT2D eigenvalue weighted by atomic mass is 32.1. The molecule has 1 aromatic heterocycles. The van der Waals surface area contributed by atoms with E-state index >= 15 is 0 Å². The molecule has 0 spiro atoms. The molecule has 2 heteroatoms. The first kappa shape index (κ1) is 16.9. The third-order valence-corrected chi connectivity index (χ3v) is 8.88. The van der Waals surface area contributed by atoms with Gasteiger partial charge in [-0.25, -0.2) is 0 Å². The van der Waals surface area contributed by atoms with Crippen molar-refractivity contribution in [3.63, 3.8) is 0 Å². The third-order valence-electron chi connectivity index (χ3n) is 7.72. The van der Waals surface area contributed by atoms with Crippen LogP contribution < -0.4 is 5.32 Å². The lowest BCUT2D eigenvalue weighted by Crippen LogP contribution is -2.19. The number of hydrogen-bond donors (Lipinski definition) is 1. The maximum absolute atomic E-state index is 3.76. The molecule has 142 valence electrons. The quantitative estimate of drug-likeness (QED) is 0.473. The number of para-hydroxylation sites is 1. The minimum Gasteiger partial charge on any atom is -0.385 e. The Morgan fingerprint density at radius 3 is 2.75 bits per heavy atom. The third kappa shape index (κ3) is 2.24. The number of nitrogens with one attached hydrogen (secondary N) is 1. The predicted octanol–water partition coefficient (Wildman–Crippen LogP) is 7.06. The van der Waals surface area contributed by atoms with Gasteiger partial charge < -0.3 is 5.32 Å². The first-order chi connectivity index (χ1) is 13.7. The Morgan fingerprint density at radius 1 is 0.964 bits per heavy atom. The van der Waals surface area contributed by atoms with Crippen LogP contribution >= 0.6 is 11.3 Å². The van der Waals surface area contributed by atoms with Crippen molar-refractivity contribution < 1.29 is 0 Å². The van der Waals surface area contributed by atoms with E-state index in [0.717, 1.165) is 6.54 Å². The minimum absolute atomic E-state index is 0.601. The van der Waals surface area contributed by atoms with Crippen LogP contribution in [0.2, 0.25) is 0 Å². The lowest BCUT2D eigenvalue weighted by Gasteiger charge is -2.30. The van der Waals surface area contributed by atoms with E-state index in [0.29, 0.717) is 29.6 Å². The number of rotatable bonds is 1. The monoisotopic (exact) mass is 385 g/mol. The van der Waals surface area contributed by atoms with Crippen LogP contribution in [0.1, 0.15) is 53.7 Å². The van der Waals surface area contributed by atoms with E-state index in [4.69, 9.17) is 0 Å². The van der Waals surface area contributed by atoms with Crippen molar-refractivity contribution in [2.75, 3.05) is 11.9 Å². The predicted molar refractivity (Wildman–Crippen MR) is 121 cm³/mol. The zero-order valence-electron chi connectivity index (χ0n) is 16.6. The molecule has 0 saturated heterocycles. The fourth-order valence-corrected chi connectivity index (χ4v) is 7.50. The van der Waals surface area contributed by atoms with Crippen molar-refractivity contribution in [3.05, 3.63) is 70.1 Å². The Balaban J connectivity index is 1.51. The Hall–Kier alpha value is -2.06. The van der Waals surface area contributed by atoms with Gasteiger partial charge in [-0.2, -0.15) is 0 Å². The van der Waals surface area contributed by atoms with E-state index in [1.165, 1.54) is 39.1 Å². The molecule has 1 saturated carbocycles. The second-order valence-corrected chi connectivity index (χ2v) is 10.1. The normalized spacial score (nSPS) is 30.6. The molecule has 1 nitrogen and oxygen atoms in total. The highest BCUT2D eigenvalue weighted by molar-refractivity contribution is 7.20. The summed E-state index contributed by atoms with van der Waals surface area (Å²) in [5, 5.41) is 5.26. The molecule has 28 heavy (non-hydrogen) atoms. The Morgan fingerprint density at radius 2 is 1.82 bits per heavy atom. The molecule has 1 N–H and O–H groups in total. The molecule has 2 aliphatic carbocycles. The standard InChI is InChI=1S/C26H27NS/c1-15-16(2)24-19(12-13-22-25(24)18-9-3-4-11-21(18)28-22)23(15)20-10-5-7-17-8-6-14-27-26(17)20/h3-5,7,9-13,15-16,19,23-24,27H,6,8,14H2,1-2H3. The molecule has 3 aliphatic rings. The minimum atomic E-state index is 0.601. The molecule has 2 aromatic carbocycles. The summed E-state index contributed by atoms with van der Waals surface area (Å²) in [5.41, 5.74) is 6.17. The summed E-state index contributed by atoms with van der Waals surface area (Å²) in [6, 6.07) is 16.0. The van der Waals surface area contributed by atoms with Gasteiger partial charge in [-0.15, -0.1) is 11.3 Å². The van der Waals surface area contributed by atoms with Crippen LogP contribution in [0, 0.1) is 17.8 Å². The average molecular weight is 386 g/mol. The SMILES string of the molecule is CC1C(C)C2c3c(sc4ccccc34)C=CC2C1c1cccc2c1NCCC2. The number of hydrogen-bond acceptors (Lipinski definition) is 2. The second-order valence-electron chi connectivity index (χ2n) is 8.99. The first-order valence-corrected chi connectivity index (χ1v) is 11.6. The van der Waals surface area contributed by atoms with Crippen LogP contribution in [0.25, 0.3) is 16.2 Å². The summed E-state index contributed by atoms with van der Waals surface area (Å²) in [6.07, 6.45) is 7.45. The van der Waals surface area contributed by atoms with Crippen molar-refractivity contribution in [1.82, 2.24) is 0 Å². The summed E-state index contributed by atoms with van der Waals surface area (Å²) in [4.78, 5) is 1.50. The summed E-state index contributed by atoms with van der Waals surface area (Å²) >= 11 is 1.97. The zero-order chi connectivity index (χ0) is 18.8. The molecule has 0 amide bonds. The second kappa shape index (κ2) is 6.22. The van der Waals surface area contributed by atoms with Gasteiger partial charge in [0.05, 0.1) is 0 Å². The maximum Gasteiger partial charge on any atom is 0.0408 e. The van der Waals surface area contributed by atoms with Gasteiger partial charge in [0, 0.05) is 21.8 Å². The maximum atomic E-state index is 3.76. The zero-order valence-corrected chi connectivity index (χ0v) is 17.4. The molecule has 3 aromatic rings. The molecule has 6 rings (SSSR count). The van der Waals surface area contributed by atoms with Crippen LogP contribution in [0.3, 0.4) is 0 Å². The summed E-state index contributed by atoms with van der Waals surface area (Å²) < 4.78 is 1.44. The number of anilines is 1. The van der Waals surface area contributed by atoms with Crippen molar-refractivity contribution in [2.24, 2.45) is 17.8 Å². The average Bonchev–Trinajstić information content (AvgIpc) is 3.23. The summed E-state index contributed by atoms with van der Waals surface area (Å²) in [7, 11) is 0. The lowest BCUT2D eigenvalue weighted by atomic mass is 9.75. The number of benzene rings is 2. The van der Waals surface area contributed by atoms with Crippen LogP contribution in [0.15, 0.2) is 48.5 Å². The smallest absolute Gasteiger partial charge is 0.0408 e. The van der Waals surface area contributed by atoms with E-state index in [1.54, 1.807) is 11.1 Å². The van der Waals surface area contributed by atoms with Gasteiger partial charge in [0.25, 0.3) is 0 Å². The summed E-state index contributed by atoms with van der Waals surface area (Å²) in [5.74, 6) is 3.21. The van der Waals surface area contributed by atoms with Gasteiger partial charge >= 0.3 is 0 Å². The fourth-order valence-electron chi connectivity index (χ4n) is 6.33. The van der Waals surface area contributed by atoms with Crippen molar-refractivity contribution in [2.45, 2.75) is 38.5 Å². The lowest BCUT2D eigenvalue weighted by molar-refractivity contribution is 0.403. The van der Waals surface area contributed by atoms with Crippen molar-refractivity contribution >= 4 is 33.2 Å². The Kier molecular flexibility index (Phi) is 3.74. The molecule has 5 atom stereocenters.